The van der Waals surface area contributed by atoms with Gasteiger partial charge in [0, 0.05) is 6.42 Å². The molecule has 0 bridgehead atoms. The molecule has 1 unspecified atom stereocenters. The van der Waals surface area contributed by atoms with Gasteiger partial charge in [0.2, 0.25) is 6.43 Å². The minimum Gasteiger partial charge on any atom is -0.211 e. The van der Waals surface area contributed by atoms with Crippen LogP contribution in [0.1, 0.15) is 65.2 Å². The fraction of sp³-hybridized carbons (Fsp3) is 1.00. The zero-order chi connectivity index (χ0) is 10.8. The molecule has 0 aliphatic heterocycles. The number of halogens is 2. The Labute approximate surface area is 87.1 Å². The van der Waals surface area contributed by atoms with Crippen LogP contribution in [0.25, 0.3) is 0 Å². The van der Waals surface area contributed by atoms with E-state index in [0.717, 1.165) is 12.8 Å². The highest BCUT2D eigenvalue weighted by Crippen LogP contribution is 2.21. The maximum Gasteiger partial charge on any atom is 0.238 e. The summed E-state index contributed by atoms with van der Waals surface area (Å²) in [6.07, 6.45) is 5.89. The lowest BCUT2D eigenvalue weighted by atomic mass is 9.94. The van der Waals surface area contributed by atoms with Crippen molar-refractivity contribution in [2.24, 2.45) is 5.92 Å². The standard InChI is InChI=1S/C12H24F2/c1-3-5-6-7-8-11(4-2)9-10-12(13)14/h11-12H,3-10H2,1-2H3. The van der Waals surface area contributed by atoms with E-state index in [2.05, 4.69) is 13.8 Å². The predicted octanol–water partition coefficient (Wildman–Crippen LogP) is 5.03. The summed E-state index contributed by atoms with van der Waals surface area (Å²) in [5, 5.41) is 0. The van der Waals surface area contributed by atoms with Crippen LogP contribution < -0.4 is 0 Å². The maximum atomic E-state index is 12.0. The smallest absolute Gasteiger partial charge is 0.211 e. The molecule has 0 amide bonds. The number of alkyl halides is 2. The molecule has 86 valence electrons. The third-order valence-electron chi connectivity index (χ3n) is 2.84. The van der Waals surface area contributed by atoms with E-state index in [1.807, 2.05) is 0 Å². The Morgan fingerprint density at radius 2 is 1.57 bits per heavy atom. The lowest BCUT2D eigenvalue weighted by molar-refractivity contribution is 0.126. The first-order valence-electron chi connectivity index (χ1n) is 5.98. The number of unbranched alkanes of at least 4 members (excludes halogenated alkanes) is 3. The predicted molar refractivity (Wildman–Crippen MR) is 57.8 cm³/mol. The molecular formula is C12H24F2. The Morgan fingerprint density at radius 3 is 2.07 bits per heavy atom. The van der Waals surface area contributed by atoms with Crippen LogP contribution in [0, 0.1) is 5.92 Å². The lowest BCUT2D eigenvalue weighted by Crippen LogP contribution is -2.02. The fourth-order valence-corrected chi connectivity index (χ4v) is 1.77. The summed E-state index contributed by atoms with van der Waals surface area (Å²) in [5.41, 5.74) is 0. The van der Waals surface area contributed by atoms with Gasteiger partial charge < -0.3 is 0 Å². The Balaban J connectivity index is 3.38. The van der Waals surface area contributed by atoms with E-state index in [1.165, 1.54) is 25.7 Å². The molecule has 0 nitrogen and oxygen atoms in total. The van der Waals surface area contributed by atoms with Gasteiger partial charge in [0.15, 0.2) is 0 Å². The molecule has 0 aromatic heterocycles. The second-order valence-corrected chi connectivity index (χ2v) is 4.09. The average molecular weight is 206 g/mol. The topological polar surface area (TPSA) is 0 Å². The summed E-state index contributed by atoms with van der Waals surface area (Å²) < 4.78 is 23.9. The summed E-state index contributed by atoms with van der Waals surface area (Å²) in [6, 6.07) is 0. The largest absolute Gasteiger partial charge is 0.238 e. The van der Waals surface area contributed by atoms with Crippen molar-refractivity contribution in [2.75, 3.05) is 0 Å². The molecule has 0 aliphatic carbocycles. The average Bonchev–Trinajstić information content (AvgIpc) is 2.16. The molecule has 0 saturated carbocycles. The van der Waals surface area contributed by atoms with Gasteiger partial charge in [-0.25, -0.2) is 8.78 Å². The van der Waals surface area contributed by atoms with Gasteiger partial charge in [-0.1, -0.05) is 52.4 Å². The normalized spacial score (nSPS) is 13.5. The van der Waals surface area contributed by atoms with Gasteiger partial charge in [-0.3, -0.25) is 0 Å². The van der Waals surface area contributed by atoms with Crippen LogP contribution >= 0.6 is 0 Å². The molecule has 0 spiro atoms. The molecular weight excluding hydrogens is 182 g/mol. The molecule has 0 radical (unpaired) electrons. The number of rotatable bonds is 9. The molecule has 0 saturated heterocycles. The van der Waals surface area contributed by atoms with E-state index < -0.39 is 6.43 Å². The SMILES string of the molecule is CCCCCCC(CC)CCC(F)F. The van der Waals surface area contributed by atoms with E-state index in [4.69, 9.17) is 0 Å². The second kappa shape index (κ2) is 9.42. The Kier molecular flexibility index (Phi) is 9.32. The molecule has 2 heteroatoms. The van der Waals surface area contributed by atoms with Crippen molar-refractivity contribution >= 4 is 0 Å². The summed E-state index contributed by atoms with van der Waals surface area (Å²) in [7, 11) is 0. The third-order valence-corrected chi connectivity index (χ3v) is 2.84. The van der Waals surface area contributed by atoms with Crippen molar-refractivity contribution in [1.82, 2.24) is 0 Å². The van der Waals surface area contributed by atoms with Crippen LogP contribution in [0.15, 0.2) is 0 Å². The van der Waals surface area contributed by atoms with Gasteiger partial charge in [-0.15, -0.1) is 0 Å². The molecule has 14 heavy (non-hydrogen) atoms. The summed E-state index contributed by atoms with van der Waals surface area (Å²) >= 11 is 0. The van der Waals surface area contributed by atoms with Crippen LogP contribution in [0.4, 0.5) is 8.78 Å². The monoisotopic (exact) mass is 206 g/mol. The van der Waals surface area contributed by atoms with Crippen LogP contribution in [0.5, 0.6) is 0 Å². The van der Waals surface area contributed by atoms with Crippen molar-refractivity contribution in [3.8, 4) is 0 Å². The van der Waals surface area contributed by atoms with Gasteiger partial charge in [0.25, 0.3) is 0 Å². The van der Waals surface area contributed by atoms with Crippen LogP contribution in [0.3, 0.4) is 0 Å². The van der Waals surface area contributed by atoms with E-state index >= 15 is 0 Å². The van der Waals surface area contributed by atoms with Gasteiger partial charge in [-0.2, -0.15) is 0 Å². The molecule has 0 aromatic rings. The van der Waals surface area contributed by atoms with Crippen molar-refractivity contribution < 1.29 is 8.78 Å². The minimum absolute atomic E-state index is 0.0896. The van der Waals surface area contributed by atoms with E-state index in [-0.39, 0.29) is 6.42 Å². The zero-order valence-corrected chi connectivity index (χ0v) is 9.57. The van der Waals surface area contributed by atoms with Crippen LogP contribution in [0.2, 0.25) is 0 Å². The molecule has 0 N–H and O–H groups in total. The summed E-state index contributed by atoms with van der Waals surface area (Å²) in [6.45, 7) is 4.30. The second-order valence-electron chi connectivity index (χ2n) is 4.09. The number of hydrogen-bond donors (Lipinski definition) is 0. The molecule has 0 aromatic carbocycles. The maximum absolute atomic E-state index is 12.0. The zero-order valence-electron chi connectivity index (χ0n) is 9.57. The van der Waals surface area contributed by atoms with Gasteiger partial charge in [0.05, 0.1) is 0 Å². The van der Waals surface area contributed by atoms with E-state index in [0.29, 0.717) is 12.3 Å². The summed E-state index contributed by atoms with van der Waals surface area (Å²) in [4.78, 5) is 0. The van der Waals surface area contributed by atoms with E-state index in [9.17, 15) is 8.78 Å². The van der Waals surface area contributed by atoms with Crippen LogP contribution in [-0.2, 0) is 0 Å². The van der Waals surface area contributed by atoms with Crippen molar-refractivity contribution in [1.29, 1.82) is 0 Å². The van der Waals surface area contributed by atoms with Crippen molar-refractivity contribution in [3.63, 3.8) is 0 Å². The van der Waals surface area contributed by atoms with Crippen molar-refractivity contribution in [3.05, 3.63) is 0 Å². The van der Waals surface area contributed by atoms with Gasteiger partial charge >= 0.3 is 0 Å². The first kappa shape index (κ1) is 13.9. The number of hydrogen-bond acceptors (Lipinski definition) is 0. The quantitative estimate of drug-likeness (QED) is 0.464. The summed E-state index contributed by atoms with van der Waals surface area (Å²) in [5.74, 6) is 0.529. The Bertz CT molecular complexity index is 113. The van der Waals surface area contributed by atoms with Crippen LogP contribution in [-0.4, -0.2) is 6.43 Å². The molecule has 1 atom stereocenters. The molecule has 0 rings (SSSR count). The first-order chi connectivity index (χ1) is 6.70. The molecule has 0 fully saturated rings. The molecule has 0 aliphatic rings. The minimum atomic E-state index is -2.11. The Hall–Kier alpha value is -0.140. The molecule has 0 heterocycles. The lowest BCUT2D eigenvalue weighted by Gasteiger charge is -2.13. The fourth-order valence-electron chi connectivity index (χ4n) is 1.77. The van der Waals surface area contributed by atoms with Gasteiger partial charge in [-0.05, 0) is 12.3 Å². The third kappa shape index (κ3) is 8.46. The highest BCUT2D eigenvalue weighted by atomic mass is 19.3. The first-order valence-corrected chi connectivity index (χ1v) is 5.98. The highest BCUT2D eigenvalue weighted by molar-refractivity contribution is 4.59. The van der Waals surface area contributed by atoms with E-state index in [1.54, 1.807) is 0 Å². The Morgan fingerprint density at radius 1 is 0.857 bits per heavy atom. The van der Waals surface area contributed by atoms with Crippen molar-refractivity contribution in [2.45, 2.75) is 71.6 Å². The van der Waals surface area contributed by atoms with Gasteiger partial charge in [0.1, 0.15) is 0 Å². The highest BCUT2D eigenvalue weighted by Gasteiger charge is 2.09.